The largest absolute Gasteiger partial charge is 0.467 e. The van der Waals surface area contributed by atoms with Crippen LogP contribution in [0, 0.1) is 6.92 Å². The number of nitrogens with zero attached hydrogens (tertiary/aromatic N) is 2. The standard InChI is InChI=1S/C20H22N4O2/c1-13(2)16-8-4-6-14(3)19(16)24-18-10-17(22-12-23-18)20(25)21-11-15-7-5-9-26-15/h4-10,12-13H,11H2,1-3H3,(H,21,25)(H,22,23,24). The minimum absolute atomic E-state index is 0.277. The van der Waals surface area contributed by atoms with Crippen LogP contribution >= 0.6 is 0 Å². The number of hydrogen-bond donors (Lipinski definition) is 2. The molecule has 0 aliphatic heterocycles. The van der Waals surface area contributed by atoms with Gasteiger partial charge >= 0.3 is 0 Å². The fraction of sp³-hybridized carbons (Fsp3) is 0.250. The Morgan fingerprint density at radius 2 is 2.04 bits per heavy atom. The van der Waals surface area contributed by atoms with E-state index in [1.54, 1.807) is 24.5 Å². The molecule has 0 aliphatic rings. The van der Waals surface area contributed by atoms with E-state index in [-0.39, 0.29) is 5.91 Å². The lowest BCUT2D eigenvalue weighted by Gasteiger charge is -2.17. The maximum Gasteiger partial charge on any atom is 0.270 e. The maximum absolute atomic E-state index is 12.3. The van der Waals surface area contributed by atoms with Gasteiger partial charge in [-0.3, -0.25) is 4.79 Å². The third kappa shape index (κ3) is 4.08. The van der Waals surface area contributed by atoms with E-state index in [1.165, 1.54) is 11.9 Å². The van der Waals surface area contributed by atoms with E-state index in [1.807, 2.05) is 19.1 Å². The predicted octanol–water partition coefficient (Wildman–Crippen LogP) is 4.18. The molecule has 0 bridgehead atoms. The summed E-state index contributed by atoms with van der Waals surface area (Å²) in [7, 11) is 0. The van der Waals surface area contributed by atoms with Crippen LogP contribution in [0.1, 0.15) is 47.1 Å². The molecule has 0 spiro atoms. The van der Waals surface area contributed by atoms with Crippen molar-refractivity contribution >= 4 is 17.4 Å². The third-order valence-corrected chi connectivity index (χ3v) is 4.08. The Bertz CT molecular complexity index is 889. The van der Waals surface area contributed by atoms with Crippen molar-refractivity contribution in [1.29, 1.82) is 0 Å². The first-order valence-corrected chi connectivity index (χ1v) is 8.53. The molecule has 6 nitrogen and oxygen atoms in total. The van der Waals surface area contributed by atoms with Crippen LogP contribution in [0.25, 0.3) is 0 Å². The topological polar surface area (TPSA) is 80.0 Å². The molecule has 3 aromatic rings. The van der Waals surface area contributed by atoms with E-state index < -0.39 is 0 Å². The van der Waals surface area contributed by atoms with E-state index in [2.05, 4.69) is 40.5 Å². The number of furan rings is 1. The maximum atomic E-state index is 12.3. The van der Waals surface area contributed by atoms with Gasteiger partial charge in [-0.25, -0.2) is 9.97 Å². The Hall–Kier alpha value is -3.15. The highest BCUT2D eigenvalue weighted by Crippen LogP contribution is 2.29. The van der Waals surface area contributed by atoms with Crippen molar-refractivity contribution in [2.75, 3.05) is 5.32 Å². The Labute approximate surface area is 152 Å². The van der Waals surface area contributed by atoms with Crippen molar-refractivity contribution in [3.8, 4) is 0 Å². The van der Waals surface area contributed by atoms with Crippen LogP contribution in [0.15, 0.2) is 53.4 Å². The van der Waals surface area contributed by atoms with Crippen LogP contribution < -0.4 is 10.6 Å². The molecular formula is C20H22N4O2. The molecule has 3 rings (SSSR count). The van der Waals surface area contributed by atoms with Crippen molar-refractivity contribution in [2.45, 2.75) is 33.2 Å². The minimum atomic E-state index is -0.277. The zero-order valence-electron chi connectivity index (χ0n) is 15.1. The molecule has 0 atom stereocenters. The van der Waals surface area contributed by atoms with Crippen LogP contribution in [-0.2, 0) is 6.54 Å². The summed E-state index contributed by atoms with van der Waals surface area (Å²) in [6.07, 6.45) is 2.96. The van der Waals surface area contributed by atoms with E-state index in [0.717, 1.165) is 11.3 Å². The second-order valence-electron chi connectivity index (χ2n) is 6.37. The van der Waals surface area contributed by atoms with Gasteiger partial charge in [0.15, 0.2) is 0 Å². The van der Waals surface area contributed by atoms with Gasteiger partial charge in [0.25, 0.3) is 5.91 Å². The van der Waals surface area contributed by atoms with Gasteiger partial charge in [-0.15, -0.1) is 0 Å². The number of anilines is 2. The number of benzene rings is 1. The Kier molecular flexibility index (Phi) is 5.31. The lowest BCUT2D eigenvalue weighted by atomic mass is 9.98. The summed E-state index contributed by atoms with van der Waals surface area (Å²) < 4.78 is 5.21. The quantitative estimate of drug-likeness (QED) is 0.697. The Morgan fingerprint density at radius 3 is 2.77 bits per heavy atom. The molecule has 0 radical (unpaired) electrons. The molecule has 26 heavy (non-hydrogen) atoms. The first-order chi connectivity index (χ1) is 12.5. The fourth-order valence-electron chi connectivity index (χ4n) is 2.69. The number of aromatic nitrogens is 2. The molecule has 6 heteroatoms. The number of nitrogens with one attached hydrogen (secondary N) is 2. The number of para-hydroxylation sites is 1. The SMILES string of the molecule is Cc1cccc(C(C)C)c1Nc1cc(C(=O)NCc2ccco2)ncn1. The molecule has 2 heterocycles. The molecule has 134 valence electrons. The summed E-state index contributed by atoms with van der Waals surface area (Å²) >= 11 is 0. The molecule has 0 aliphatic carbocycles. The van der Waals surface area contributed by atoms with E-state index in [9.17, 15) is 4.79 Å². The van der Waals surface area contributed by atoms with E-state index >= 15 is 0 Å². The smallest absolute Gasteiger partial charge is 0.270 e. The first-order valence-electron chi connectivity index (χ1n) is 8.53. The van der Waals surface area contributed by atoms with Crippen LogP contribution in [0.4, 0.5) is 11.5 Å². The zero-order chi connectivity index (χ0) is 18.5. The highest BCUT2D eigenvalue weighted by atomic mass is 16.3. The molecule has 1 amide bonds. The van der Waals surface area contributed by atoms with Gasteiger partial charge < -0.3 is 15.1 Å². The van der Waals surface area contributed by atoms with Crippen molar-refractivity contribution in [3.05, 3.63) is 71.6 Å². The number of aryl methyl sites for hydroxylation is 1. The summed E-state index contributed by atoms with van der Waals surface area (Å²) in [5.41, 5.74) is 3.64. The second kappa shape index (κ2) is 7.82. The molecular weight excluding hydrogens is 328 g/mol. The average Bonchev–Trinajstić information content (AvgIpc) is 3.15. The number of carbonyl (C=O) groups is 1. The average molecular weight is 350 g/mol. The van der Waals surface area contributed by atoms with Gasteiger partial charge in [-0.1, -0.05) is 32.0 Å². The summed E-state index contributed by atoms with van der Waals surface area (Å²) in [6, 6.07) is 11.4. The number of amides is 1. The lowest BCUT2D eigenvalue weighted by Crippen LogP contribution is -2.23. The highest BCUT2D eigenvalue weighted by Gasteiger charge is 2.12. The van der Waals surface area contributed by atoms with Crippen LogP contribution in [-0.4, -0.2) is 15.9 Å². The Balaban J connectivity index is 1.77. The highest BCUT2D eigenvalue weighted by molar-refractivity contribution is 5.92. The summed E-state index contributed by atoms with van der Waals surface area (Å²) in [4.78, 5) is 20.6. The van der Waals surface area contributed by atoms with Crippen molar-refractivity contribution < 1.29 is 9.21 Å². The van der Waals surface area contributed by atoms with Gasteiger partial charge in [-0.2, -0.15) is 0 Å². The summed E-state index contributed by atoms with van der Waals surface area (Å²) in [6.45, 7) is 6.65. The van der Waals surface area contributed by atoms with Crippen molar-refractivity contribution in [1.82, 2.24) is 15.3 Å². The van der Waals surface area contributed by atoms with Crippen LogP contribution in [0.5, 0.6) is 0 Å². The van der Waals surface area contributed by atoms with E-state index in [4.69, 9.17) is 4.42 Å². The van der Waals surface area contributed by atoms with Gasteiger partial charge in [0.2, 0.25) is 0 Å². The summed E-state index contributed by atoms with van der Waals surface area (Å²) in [5.74, 6) is 1.36. The van der Waals surface area contributed by atoms with Crippen molar-refractivity contribution in [2.24, 2.45) is 0 Å². The van der Waals surface area contributed by atoms with Gasteiger partial charge in [0, 0.05) is 11.8 Å². The van der Waals surface area contributed by atoms with Gasteiger partial charge in [0.05, 0.1) is 12.8 Å². The molecule has 0 saturated carbocycles. The minimum Gasteiger partial charge on any atom is -0.467 e. The third-order valence-electron chi connectivity index (χ3n) is 4.08. The molecule has 2 N–H and O–H groups in total. The van der Waals surface area contributed by atoms with Crippen molar-refractivity contribution in [3.63, 3.8) is 0 Å². The van der Waals surface area contributed by atoms with Crippen LogP contribution in [0.2, 0.25) is 0 Å². The van der Waals surface area contributed by atoms with Gasteiger partial charge in [0.1, 0.15) is 23.6 Å². The second-order valence-corrected chi connectivity index (χ2v) is 6.37. The fourth-order valence-corrected chi connectivity index (χ4v) is 2.69. The molecule has 0 fully saturated rings. The lowest BCUT2D eigenvalue weighted by molar-refractivity contribution is 0.0943. The predicted molar refractivity (Wildman–Crippen MR) is 100 cm³/mol. The Morgan fingerprint density at radius 1 is 1.19 bits per heavy atom. The van der Waals surface area contributed by atoms with Gasteiger partial charge in [-0.05, 0) is 36.1 Å². The first kappa shape index (κ1) is 17.7. The number of carbonyl (C=O) groups excluding carboxylic acids is 1. The number of hydrogen-bond acceptors (Lipinski definition) is 5. The monoisotopic (exact) mass is 350 g/mol. The normalized spacial score (nSPS) is 10.8. The molecule has 2 aromatic heterocycles. The summed E-state index contributed by atoms with van der Waals surface area (Å²) in [5, 5.41) is 6.12. The van der Waals surface area contributed by atoms with E-state index in [0.29, 0.717) is 29.7 Å². The molecule has 0 saturated heterocycles. The van der Waals surface area contributed by atoms with Crippen LogP contribution in [0.3, 0.4) is 0 Å². The zero-order valence-corrected chi connectivity index (χ0v) is 15.1. The molecule has 0 unspecified atom stereocenters. The molecule has 1 aromatic carbocycles. The number of rotatable bonds is 6.